The van der Waals surface area contributed by atoms with Crippen LogP contribution in [0, 0.1) is 0 Å². The van der Waals surface area contributed by atoms with Crippen LogP contribution in [0.5, 0.6) is 0 Å². The van der Waals surface area contributed by atoms with Gasteiger partial charge in [0, 0.05) is 12.8 Å². The Morgan fingerprint density at radius 1 is 1.17 bits per heavy atom. The normalized spacial score (nSPS) is 20.8. The summed E-state index contributed by atoms with van der Waals surface area (Å²) < 4.78 is 0. The quantitative estimate of drug-likeness (QED) is 0.890. The van der Waals surface area contributed by atoms with Crippen LogP contribution in [0.3, 0.4) is 0 Å². The van der Waals surface area contributed by atoms with E-state index in [-0.39, 0.29) is 17.9 Å². The Morgan fingerprint density at radius 3 is 2.61 bits per heavy atom. The number of hydrogen-bond acceptors (Lipinski definition) is 2. The van der Waals surface area contributed by atoms with Gasteiger partial charge >= 0.3 is 0 Å². The molecule has 0 aromatic heterocycles. The Labute approximate surface area is 137 Å². The maximum atomic E-state index is 12.5. The van der Waals surface area contributed by atoms with Gasteiger partial charge in [-0.1, -0.05) is 61.5 Å². The summed E-state index contributed by atoms with van der Waals surface area (Å²) in [5.74, 6) is 0.214. The van der Waals surface area contributed by atoms with E-state index >= 15 is 0 Å². The standard InChI is InChI=1S/C20H23NO2/c1-2-14(15-8-4-3-5-9-15)13-19(23)21-20-17-11-7-6-10-16(17)12-18(20)22/h3-11,14,18,20,22H,2,12-13H2,1H3,(H,21,23)/t14?,18-,20+/m1/s1. The van der Waals surface area contributed by atoms with Crippen molar-refractivity contribution in [1.82, 2.24) is 5.32 Å². The van der Waals surface area contributed by atoms with Crippen LogP contribution in [0.2, 0.25) is 0 Å². The summed E-state index contributed by atoms with van der Waals surface area (Å²) in [7, 11) is 0. The van der Waals surface area contributed by atoms with Crippen molar-refractivity contribution in [3.8, 4) is 0 Å². The molecule has 0 saturated heterocycles. The van der Waals surface area contributed by atoms with E-state index in [1.807, 2.05) is 42.5 Å². The molecule has 0 heterocycles. The van der Waals surface area contributed by atoms with Crippen LogP contribution in [-0.4, -0.2) is 17.1 Å². The summed E-state index contributed by atoms with van der Waals surface area (Å²) in [4.78, 5) is 12.5. The molecule has 0 saturated carbocycles. The fourth-order valence-corrected chi connectivity index (χ4v) is 3.43. The van der Waals surface area contributed by atoms with E-state index in [4.69, 9.17) is 0 Å². The first-order valence-corrected chi connectivity index (χ1v) is 8.29. The lowest BCUT2D eigenvalue weighted by atomic mass is 9.93. The van der Waals surface area contributed by atoms with Gasteiger partial charge in [0.1, 0.15) is 0 Å². The molecule has 1 aliphatic carbocycles. The molecule has 2 aromatic carbocycles. The van der Waals surface area contributed by atoms with Gasteiger partial charge in [-0.2, -0.15) is 0 Å². The average Bonchev–Trinajstić information content (AvgIpc) is 2.89. The predicted octanol–water partition coefficient (Wildman–Crippen LogP) is 3.34. The zero-order valence-electron chi connectivity index (χ0n) is 13.4. The number of benzene rings is 2. The number of hydrogen-bond donors (Lipinski definition) is 2. The Kier molecular flexibility index (Phi) is 4.77. The molecule has 0 radical (unpaired) electrons. The summed E-state index contributed by atoms with van der Waals surface area (Å²) in [6, 6.07) is 17.8. The van der Waals surface area contributed by atoms with Gasteiger partial charge < -0.3 is 10.4 Å². The molecule has 1 amide bonds. The number of aliphatic hydroxyl groups is 1. The average molecular weight is 309 g/mol. The van der Waals surface area contributed by atoms with Crippen molar-refractivity contribution in [2.24, 2.45) is 0 Å². The Balaban J connectivity index is 1.68. The topological polar surface area (TPSA) is 49.3 Å². The van der Waals surface area contributed by atoms with Crippen LogP contribution in [0.4, 0.5) is 0 Å². The summed E-state index contributed by atoms with van der Waals surface area (Å²) >= 11 is 0. The number of amides is 1. The minimum absolute atomic E-state index is 0.00135. The van der Waals surface area contributed by atoms with Crippen molar-refractivity contribution in [2.45, 2.75) is 44.2 Å². The third-order valence-electron chi connectivity index (χ3n) is 4.72. The molecule has 0 aliphatic heterocycles. The van der Waals surface area contributed by atoms with Crippen LogP contribution >= 0.6 is 0 Å². The van der Waals surface area contributed by atoms with Gasteiger partial charge in [0.25, 0.3) is 0 Å². The zero-order valence-corrected chi connectivity index (χ0v) is 13.4. The molecule has 1 aliphatic rings. The SMILES string of the molecule is CCC(CC(=O)N[C@H]1c2ccccc2C[C@H]1O)c1ccccc1. The summed E-state index contributed by atoms with van der Waals surface area (Å²) in [6.45, 7) is 2.10. The number of rotatable bonds is 5. The monoisotopic (exact) mass is 309 g/mol. The Bertz CT molecular complexity index is 668. The van der Waals surface area contributed by atoms with Crippen molar-refractivity contribution in [1.29, 1.82) is 0 Å². The fourth-order valence-electron chi connectivity index (χ4n) is 3.43. The third-order valence-corrected chi connectivity index (χ3v) is 4.72. The lowest BCUT2D eigenvalue weighted by Gasteiger charge is -2.20. The molecule has 3 heteroatoms. The molecular weight excluding hydrogens is 286 g/mol. The van der Waals surface area contributed by atoms with Crippen molar-refractivity contribution < 1.29 is 9.90 Å². The molecule has 3 atom stereocenters. The first-order chi connectivity index (χ1) is 11.2. The second-order valence-electron chi connectivity index (χ2n) is 6.24. The summed E-state index contributed by atoms with van der Waals surface area (Å²) in [5.41, 5.74) is 3.36. The van der Waals surface area contributed by atoms with Crippen molar-refractivity contribution in [2.75, 3.05) is 0 Å². The van der Waals surface area contributed by atoms with Crippen LogP contribution in [0.25, 0.3) is 0 Å². The molecule has 3 rings (SSSR count). The highest BCUT2D eigenvalue weighted by Crippen LogP contribution is 2.32. The molecular formula is C20H23NO2. The molecule has 23 heavy (non-hydrogen) atoms. The van der Waals surface area contributed by atoms with Gasteiger partial charge in [-0.05, 0) is 29.0 Å². The van der Waals surface area contributed by atoms with Crippen LogP contribution < -0.4 is 5.32 Å². The molecule has 120 valence electrons. The lowest BCUT2D eigenvalue weighted by Crippen LogP contribution is -2.34. The molecule has 0 spiro atoms. The number of carbonyl (C=O) groups excluding carboxylic acids is 1. The van der Waals surface area contributed by atoms with Gasteiger partial charge in [0.2, 0.25) is 5.91 Å². The van der Waals surface area contributed by atoms with Crippen molar-refractivity contribution in [3.05, 3.63) is 71.3 Å². The smallest absolute Gasteiger partial charge is 0.221 e. The number of nitrogens with one attached hydrogen (secondary N) is 1. The van der Waals surface area contributed by atoms with Gasteiger partial charge in [-0.15, -0.1) is 0 Å². The molecule has 0 fully saturated rings. The lowest BCUT2D eigenvalue weighted by molar-refractivity contribution is -0.123. The van der Waals surface area contributed by atoms with Gasteiger partial charge in [-0.25, -0.2) is 0 Å². The summed E-state index contributed by atoms with van der Waals surface area (Å²) in [6.07, 6.45) is 1.44. The highest BCUT2D eigenvalue weighted by atomic mass is 16.3. The maximum Gasteiger partial charge on any atom is 0.221 e. The van der Waals surface area contributed by atoms with E-state index in [0.29, 0.717) is 12.8 Å². The van der Waals surface area contributed by atoms with Crippen molar-refractivity contribution in [3.63, 3.8) is 0 Å². The van der Waals surface area contributed by atoms with E-state index in [0.717, 1.165) is 17.5 Å². The molecule has 2 N–H and O–H groups in total. The molecule has 1 unspecified atom stereocenters. The van der Waals surface area contributed by atoms with E-state index in [9.17, 15) is 9.90 Å². The first kappa shape index (κ1) is 15.8. The second-order valence-corrected chi connectivity index (χ2v) is 6.24. The summed E-state index contributed by atoms with van der Waals surface area (Å²) in [5, 5.41) is 13.3. The predicted molar refractivity (Wildman–Crippen MR) is 91.1 cm³/mol. The molecule has 2 aromatic rings. The first-order valence-electron chi connectivity index (χ1n) is 8.29. The Hall–Kier alpha value is -2.13. The molecule has 0 bridgehead atoms. The third kappa shape index (κ3) is 3.45. The minimum Gasteiger partial charge on any atom is -0.390 e. The van der Waals surface area contributed by atoms with Gasteiger partial charge in [0.15, 0.2) is 0 Å². The van der Waals surface area contributed by atoms with Crippen LogP contribution in [0.1, 0.15) is 48.4 Å². The van der Waals surface area contributed by atoms with E-state index in [1.54, 1.807) is 0 Å². The van der Waals surface area contributed by atoms with E-state index < -0.39 is 6.10 Å². The van der Waals surface area contributed by atoms with Crippen molar-refractivity contribution >= 4 is 5.91 Å². The van der Waals surface area contributed by atoms with Gasteiger partial charge in [0.05, 0.1) is 12.1 Å². The van der Waals surface area contributed by atoms with Gasteiger partial charge in [-0.3, -0.25) is 4.79 Å². The highest BCUT2D eigenvalue weighted by Gasteiger charge is 2.32. The molecule has 3 nitrogen and oxygen atoms in total. The van der Waals surface area contributed by atoms with Crippen LogP contribution in [0.15, 0.2) is 54.6 Å². The van der Waals surface area contributed by atoms with Crippen LogP contribution in [-0.2, 0) is 11.2 Å². The largest absolute Gasteiger partial charge is 0.390 e. The highest BCUT2D eigenvalue weighted by molar-refractivity contribution is 5.77. The number of fused-ring (bicyclic) bond motifs is 1. The maximum absolute atomic E-state index is 12.5. The Morgan fingerprint density at radius 2 is 1.87 bits per heavy atom. The minimum atomic E-state index is -0.534. The van der Waals surface area contributed by atoms with E-state index in [2.05, 4.69) is 24.4 Å². The van der Waals surface area contributed by atoms with E-state index in [1.165, 1.54) is 5.56 Å². The zero-order chi connectivity index (χ0) is 16.2. The number of carbonyl (C=O) groups is 1. The fraction of sp³-hybridized carbons (Fsp3) is 0.350. The number of aliphatic hydroxyl groups excluding tert-OH is 1. The second kappa shape index (κ2) is 6.97.